The molecule has 0 bridgehead atoms. The molecule has 1 aliphatic carbocycles. The molecule has 0 radical (unpaired) electrons. The highest BCUT2D eigenvalue weighted by Gasteiger charge is 2.26. The van der Waals surface area contributed by atoms with Gasteiger partial charge in [-0.2, -0.15) is 5.10 Å². The van der Waals surface area contributed by atoms with Crippen molar-refractivity contribution in [2.24, 2.45) is 10.8 Å². The number of amidine groups is 1. The van der Waals surface area contributed by atoms with Gasteiger partial charge in [0, 0.05) is 18.2 Å². The van der Waals surface area contributed by atoms with Gasteiger partial charge in [-0.05, 0) is 54.2 Å². The molecule has 5 N–H and O–H groups in total. The van der Waals surface area contributed by atoms with Crippen LogP contribution in [0.25, 0.3) is 0 Å². The van der Waals surface area contributed by atoms with Gasteiger partial charge in [0.2, 0.25) is 0 Å². The zero-order chi connectivity index (χ0) is 27.2. The van der Waals surface area contributed by atoms with Gasteiger partial charge in [0.1, 0.15) is 23.5 Å². The number of hydrazone groups is 1. The summed E-state index contributed by atoms with van der Waals surface area (Å²) in [4.78, 5) is 44.7. The first-order chi connectivity index (χ1) is 18.2. The molecule has 2 aromatic carbocycles. The van der Waals surface area contributed by atoms with E-state index in [0.29, 0.717) is 24.0 Å². The van der Waals surface area contributed by atoms with Crippen LogP contribution in [0.4, 0.5) is 9.18 Å². The fraction of sp³-hybridized carbons (Fsp3) is 0.231. The maximum Gasteiger partial charge on any atom is 0.427 e. The normalized spacial score (nSPS) is 14.4. The average Bonchev–Trinajstić information content (AvgIpc) is 3.33. The Bertz CT molecular complexity index is 1430. The van der Waals surface area contributed by atoms with E-state index in [2.05, 4.69) is 35.9 Å². The van der Waals surface area contributed by atoms with Crippen LogP contribution in [-0.4, -0.2) is 40.8 Å². The topological polar surface area (TPSA) is 161 Å². The number of nitrogens with one attached hydrogen (secondary N) is 3. The largest absolute Gasteiger partial charge is 0.452 e. The maximum absolute atomic E-state index is 13.5. The Balaban J connectivity index is 1.39. The number of fused-ring (bicyclic) bond motifs is 1. The number of nitrogens with zero attached hydrogens (tertiary/aromatic N) is 3. The molecule has 0 fully saturated rings. The summed E-state index contributed by atoms with van der Waals surface area (Å²) in [7, 11) is 1.22. The smallest absolute Gasteiger partial charge is 0.427 e. The number of benzene rings is 2. The van der Waals surface area contributed by atoms with Crippen molar-refractivity contribution in [2.75, 3.05) is 7.11 Å². The van der Waals surface area contributed by atoms with Crippen molar-refractivity contribution >= 4 is 23.7 Å². The van der Waals surface area contributed by atoms with Gasteiger partial charge in [0.15, 0.2) is 5.84 Å². The van der Waals surface area contributed by atoms with Crippen LogP contribution in [-0.2, 0) is 17.7 Å². The zero-order valence-electron chi connectivity index (χ0n) is 20.7. The minimum atomic E-state index is -0.731. The van der Waals surface area contributed by atoms with E-state index in [1.165, 1.54) is 19.2 Å². The average molecular weight is 520 g/mol. The first-order valence-corrected chi connectivity index (χ1v) is 11.7. The van der Waals surface area contributed by atoms with Crippen LogP contribution in [0.2, 0.25) is 0 Å². The van der Waals surface area contributed by atoms with E-state index in [4.69, 9.17) is 5.73 Å². The number of amides is 3. The fourth-order valence-electron chi connectivity index (χ4n) is 4.07. The Kier molecular flexibility index (Phi) is 7.90. The highest BCUT2D eigenvalue weighted by atomic mass is 19.1. The number of carbonyl (C=O) groups is 3. The van der Waals surface area contributed by atoms with Crippen molar-refractivity contribution in [1.82, 2.24) is 26.0 Å². The molecule has 38 heavy (non-hydrogen) atoms. The highest BCUT2D eigenvalue weighted by molar-refractivity contribution is 5.98. The molecule has 4 rings (SSSR count). The molecule has 0 saturated heterocycles. The third kappa shape index (κ3) is 6.09. The van der Waals surface area contributed by atoms with Crippen molar-refractivity contribution in [3.05, 3.63) is 93.8 Å². The molecule has 12 heteroatoms. The van der Waals surface area contributed by atoms with Crippen molar-refractivity contribution in [1.29, 1.82) is 0 Å². The van der Waals surface area contributed by atoms with Crippen LogP contribution in [0.5, 0.6) is 0 Å². The van der Waals surface area contributed by atoms with Gasteiger partial charge >= 0.3 is 6.09 Å². The number of ether oxygens (including phenoxy) is 1. The molecule has 1 unspecified atom stereocenters. The van der Waals surface area contributed by atoms with Gasteiger partial charge in [-0.15, -0.1) is 0 Å². The second-order valence-electron chi connectivity index (χ2n) is 8.63. The number of aromatic nitrogens is 2. The van der Waals surface area contributed by atoms with Crippen LogP contribution in [0.15, 0.2) is 53.9 Å². The lowest BCUT2D eigenvalue weighted by Crippen LogP contribution is -2.29. The van der Waals surface area contributed by atoms with Crippen LogP contribution < -0.4 is 21.8 Å². The van der Waals surface area contributed by atoms with Crippen molar-refractivity contribution in [3.8, 4) is 0 Å². The SMILES string of the molecule is COC(=O)N/N=C(\N)c1ccc2c(c1)CCC2NC(=O)c1cc(C(=O)NCc2ccc(F)c(C)c2)ncn1. The lowest BCUT2D eigenvalue weighted by atomic mass is 10.0. The monoisotopic (exact) mass is 519 g/mol. The summed E-state index contributed by atoms with van der Waals surface area (Å²) in [6, 6.07) is 11.1. The van der Waals surface area contributed by atoms with Gasteiger partial charge in [-0.3, -0.25) is 9.59 Å². The molecule has 0 saturated carbocycles. The number of hydrogen-bond donors (Lipinski definition) is 4. The van der Waals surface area contributed by atoms with E-state index in [9.17, 15) is 18.8 Å². The minimum absolute atomic E-state index is 0.0378. The summed E-state index contributed by atoms with van der Waals surface area (Å²) in [6.45, 7) is 1.83. The van der Waals surface area contributed by atoms with Crippen molar-refractivity contribution in [3.63, 3.8) is 0 Å². The van der Waals surface area contributed by atoms with E-state index in [1.54, 1.807) is 25.1 Å². The van der Waals surface area contributed by atoms with Crippen molar-refractivity contribution in [2.45, 2.75) is 32.4 Å². The molecule has 3 aromatic rings. The molecule has 1 atom stereocenters. The van der Waals surface area contributed by atoms with E-state index in [0.717, 1.165) is 23.0 Å². The predicted octanol–water partition coefficient (Wildman–Crippen LogP) is 2.25. The summed E-state index contributed by atoms with van der Waals surface area (Å²) in [5, 5.41) is 9.46. The summed E-state index contributed by atoms with van der Waals surface area (Å²) >= 11 is 0. The Morgan fingerprint density at radius 2 is 1.87 bits per heavy atom. The Labute approximate surface area is 217 Å². The second-order valence-corrected chi connectivity index (χ2v) is 8.63. The molecule has 1 aliphatic rings. The predicted molar refractivity (Wildman–Crippen MR) is 136 cm³/mol. The van der Waals surface area contributed by atoms with Crippen molar-refractivity contribution < 1.29 is 23.5 Å². The number of nitrogens with two attached hydrogens (primary N) is 1. The van der Waals surface area contributed by atoms with Crippen LogP contribution in [0, 0.1) is 12.7 Å². The van der Waals surface area contributed by atoms with Crippen LogP contribution in [0.3, 0.4) is 0 Å². The van der Waals surface area contributed by atoms with Gasteiger partial charge in [-0.25, -0.2) is 24.6 Å². The first-order valence-electron chi connectivity index (χ1n) is 11.7. The number of carbonyl (C=O) groups excluding carboxylic acids is 3. The number of rotatable bonds is 7. The number of methoxy groups -OCH3 is 1. The molecule has 196 valence electrons. The zero-order valence-corrected chi connectivity index (χ0v) is 20.7. The number of aryl methyl sites for hydroxylation is 2. The standard InChI is InChI=1S/C26H26FN7O4/c1-14-9-15(3-7-19(14)27)12-29-24(35)21-11-22(31-13-30-21)25(36)32-20-8-5-16-10-17(4-6-18(16)20)23(28)33-34-26(37)38-2/h3-4,6-7,9-11,13,20H,5,8,12H2,1-2H3,(H2,28,33)(H,29,35)(H,32,36)(H,34,37). The van der Waals surface area contributed by atoms with E-state index < -0.39 is 17.9 Å². The summed E-state index contributed by atoms with van der Waals surface area (Å²) in [5.74, 6) is -1.13. The molecular formula is C26H26FN7O4. The Morgan fingerprint density at radius 3 is 2.61 bits per heavy atom. The fourth-order valence-corrected chi connectivity index (χ4v) is 4.07. The van der Waals surface area contributed by atoms with Crippen LogP contribution >= 0.6 is 0 Å². The maximum atomic E-state index is 13.5. The van der Waals surface area contributed by atoms with Gasteiger partial charge in [0.05, 0.1) is 13.2 Å². The lowest BCUT2D eigenvalue weighted by molar-refractivity contribution is 0.0931. The lowest BCUT2D eigenvalue weighted by Gasteiger charge is -2.14. The van der Waals surface area contributed by atoms with Gasteiger partial charge in [0.25, 0.3) is 11.8 Å². The summed E-state index contributed by atoms with van der Waals surface area (Å²) < 4.78 is 17.9. The first kappa shape index (κ1) is 26.2. The summed E-state index contributed by atoms with van der Waals surface area (Å²) in [6.07, 6.45) is 1.79. The second kappa shape index (κ2) is 11.5. The summed E-state index contributed by atoms with van der Waals surface area (Å²) in [5.41, 5.74) is 12.0. The quantitative estimate of drug-likeness (QED) is 0.211. The molecule has 0 aliphatic heterocycles. The van der Waals surface area contributed by atoms with Gasteiger partial charge < -0.3 is 21.1 Å². The van der Waals surface area contributed by atoms with E-state index in [-0.39, 0.29) is 35.6 Å². The molecule has 11 nitrogen and oxygen atoms in total. The van der Waals surface area contributed by atoms with E-state index >= 15 is 0 Å². The number of hydrogen-bond acceptors (Lipinski definition) is 7. The third-order valence-corrected chi connectivity index (χ3v) is 6.08. The van der Waals surface area contributed by atoms with Crippen LogP contribution in [0.1, 0.15) is 61.3 Å². The number of halogens is 1. The van der Waals surface area contributed by atoms with Gasteiger partial charge in [-0.1, -0.05) is 24.3 Å². The minimum Gasteiger partial charge on any atom is -0.452 e. The van der Waals surface area contributed by atoms with E-state index in [1.807, 2.05) is 12.1 Å². The molecule has 0 spiro atoms. The molecule has 1 aromatic heterocycles. The molecular weight excluding hydrogens is 493 g/mol. The Morgan fingerprint density at radius 1 is 1.11 bits per heavy atom. The molecule has 1 heterocycles. The third-order valence-electron chi connectivity index (χ3n) is 6.08. The highest BCUT2D eigenvalue weighted by Crippen LogP contribution is 2.32. The molecule has 3 amide bonds. The Hall–Kier alpha value is -4.87.